The van der Waals surface area contributed by atoms with Crippen LogP contribution in [0.25, 0.3) is 0 Å². The minimum absolute atomic E-state index is 0.0184. The lowest BCUT2D eigenvalue weighted by Crippen LogP contribution is -2.33. The van der Waals surface area contributed by atoms with Crippen molar-refractivity contribution in [2.45, 2.75) is 39.7 Å². The van der Waals surface area contributed by atoms with Crippen molar-refractivity contribution < 1.29 is 14.7 Å². The third-order valence-corrected chi connectivity index (χ3v) is 3.69. The first-order valence-corrected chi connectivity index (χ1v) is 7.81. The van der Waals surface area contributed by atoms with Gasteiger partial charge >= 0.3 is 5.97 Å². The number of carbonyl (C=O) groups is 2. The highest BCUT2D eigenvalue weighted by Gasteiger charge is 2.22. The highest BCUT2D eigenvalue weighted by Crippen LogP contribution is 2.17. The van der Waals surface area contributed by atoms with E-state index < -0.39 is 17.4 Å². The Kier molecular flexibility index (Phi) is 5.06. The van der Waals surface area contributed by atoms with Gasteiger partial charge in [-0.05, 0) is 24.6 Å². The van der Waals surface area contributed by atoms with Crippen LogP contribution in [0, 0.1) is 6.92 Å². The van der Waals surface area contributed by atoms with Gasteiger partial charge in [0.15, 0.2) is 0 Å². The van der Waals surface area contributed by atoms with Gasteiger partial charge in [0.25, 0.3) is 11.5 Å². The first-order chi connectivity index (χ1) is 11.6. The van der Waals surface area contributed by atoms with Crippen LogP contribution in [0.2, 0.25) is 0 Å². The molecule has 0 aliphatic rings. The van der Waals surface area contributed by atoms with Gasteiger partial charge in [-0.2, -0.15) is 0 Å². The summed E-state index contributed by atoms with van der Waals surface area (Å²) in [7, 11) is 0. The highest BCUT2D eigenvalue weighted by atomic mass is 16.4. The number of amides is 1. The zero-order valence-electron chi connectivity index (χ0n) is 14.6. The summed E-state index contributed by atoms with van der Waals surface area (Å²) in [5, 5.41) is 11.5. The molecule has 0 atom stereocenters. The molecule has 0 fully saturated rings. The number of hydrogen-bond acceptors (Lipinski definition) is 4. The predicted octanol–water partition coefficient (Wildman–Crippen LogP) is 2.00. The average molecular weight is 343 g/mol. The summed E-state index contributed by atoms with van der Waals surface area (Å²) in [5.41, 5.74) is 0.444. The molecule has 0 unspecified atom stereocenters. The van der Waals surface area contributed by atoms with E-state index in [4.69, 9.17) is 5.11 Å². The quantitative estimate of drug-likeness (QED) is 0.786. The van der Waals surface area contributed by atoms with Crippen molar-refractivity contribution in [1.82, 2.24) is 15.3 Å². The smallest absolute Gasteiger partial charge is 0.335 e. The van der Waals surface area contributed by atoms with Crippen LogP contribution in [0.15, 0.2) is 29.1 Å². The molecule has 0 spiro atoms. The Labute approximate surface area is 145 Å². The third kappa shape index (κ3) is 4.32. The fourth-order valence-electron chi connectivity index (χ4n) is 2.24. The van der Waals surface area contributed by atoms with E-state index in [-0.39, 0.29) is 23.1 Å². The number of carboxylic acid groups (broad SMARTS) is 1. The molecule has 2 rings (SSSR count). The molecule has 1 heterocycles. The Hall–Kier alpha value is -2.96. The molecule has 0 saturated heterocycles. The lowest BCUT2D eigenvalue weighted by Gasteiger charge is -2.18. The topological polar surface area (TPSA) is 112 Å². The molecule has 0 aliphatic heterocycles. The Bertz CT molecular complexity index is 861. The van der Waals surface area contributed by atoms with E-state index in [9.17, 15) is 14.4 Å². The second-order valence-corrected chi connectivity index (χ2v) is 6.81. The number of H-pyrrole nitrogens is 1. The first-order valence-electron chi connectivity index (χ1n) is 7.81. The number of nitrogens with one attached hydrogen (secondary N) is 2. The molecule has 3 N–H and O–H groups in total. The Morgan fingerprint density at radius 1 is 1.20 bits per heavy atom. The molecule has 25 heavy (non-hydrogen) atoms. The molecule has 0 saturated carbocycles. The minimum atomic E-state index is -1.01. The van der Waals surface area contributed by atoms with Crippen molar-refractivity contribution in [2.75, 3.05) is 0 Å². The van der Waals surface area contributed by atoms with Gasteiger partial charge < -0.3 is 15.4 Å². The molecule has 1 aromatic heterocycles. The Morgan fingerprint density at radius 2 is 1.80 bits per heavy atom. The summed E-state index contributed by atoms with van der Waals surface area (Å²) < 4.78 is 0. The Morgan fingerprint density at radius 3 is 2.28 bits per heavy atom. The van der Waals surface area contributed by atoms with Gasteiger partial charge in [-0.15, -0.1) is 0 Å². The number of rotatable bonds is 4. The molecule has 0 aliphatic carbocycles. The molecule has 1 aromatic carbocycles. The fourth-order valence-corrected chi connectivity index (χ4v) is 2.24. The van der Waals surface area contributed by atoms with E-state index in [1.807, 2.05) is 20.8 Å². The van der Waals surface area contributed by atoms with Crippen LogP contribution in [0.1, 0.15) is 58.6 Å². The summed E-state index contributed by atoms with van der Waals surface area (Å²) in [6.45, 7) is 7.57. The van der Waals surface area contributed by atoms with Crippen molar-refractivity contribution in [3.05, 3.63) is 62.8 Å². The van der Waals surface area contributed by atoms with Crippen LogP contribution >= 0.6 is 0 Å². The van der Waals surface area contributed by atoms with Crippen molar-refractivity contribution in [2.24, 2.45) is 0 Å². The van der Waals surface area contributed by atoms with Crippen molar-refractivity contribution in [1.29, 1.82) is 0 Å². The van der Waals surface area contributed by atoms with Gasteiger partial charge in [-0.25, -0.2) is 9.78 Å². The van der Waals surface area contributed by atoms with Gasteiger partial charge in [0, 0.05) is 12.0 Å². The fraction of sp³-hybridized carbons (Fsp3) is 0.333. The van der Waals surface area contributed by atoms with E-state index in [1.165, 1.54) is 12.1 Å². The van der Waals surface area contributed by atoms with E-state index in [0.717, 1.165) is 5.56 Å². The maximum Gasteiger partial charge on any atom is 0.335 e. The number of aromatic nitrogens is 2. The molecule has 1 amide bonds. The summed E-state index contributed by atoms with van der Waals surface area (Å²) in [6, 6.07) is 6.15. The minimum Gasteiger partial charge on any atom is -0.478 e. The SMILES string of the molecule is Cc1nc(C(C)(C)C)[nH]c(=O)c1C(=O)NCc1ccc(C(=O)O)cc1. The number of carbonyl (C=O) groups excluding carboxylic acids is 1. The average Bonchev–Trinajstić information content (AvgIpc) is 2.51. The maximum absolute atomic E-state index is 12.3. The number of aryl methyl sites for hydroxylation is 1. The van der Waals surface area contributed by atoms with Gasteiger partial charge in [0.05, 0.1) is 11.3 Å². The van der Waals surface area contributed by atoms with Gasteiger partial charge in [0.2, 0.25) is 0 Å². The summed E-state index contributed by atoms with van der Waals surface area (Å²) in [6.07, 6.45) is 0. The number of aromatic amines is 1. The van der Waals surface area contributed by atoms with Crippen LogP contribution in [0.5, 0.6) is 0 Å². The molecule has 0 radical (unpaired) electrons. The predicted molar refractivity (Wildman–Crippen MR) is 92.9 cm³/mol. The van der Waals surface area contributed by atoms with E-state index in [1.54, 1.807) is 19.1 Å². The van der Waals surface area contributed by atoms with Crippen LogP contribution in [0.3, 0.4) is 0 Å². The number of benzene rings is 1. The van der Waals surface area contributed by atoms with E-state index >= 15 is 0 Å². The van der Waals surface area contributed by atoms with Crippen molar-refractivity contribution >= 4 is 11.9 Å². The number of nitrogens with zero attached hydrogens (tertiary/aromatic N) is 1. The Balaban J connectivity index is 2.16. The summed E-state index contributed by atoms with van der Waals surface area (Å²) in [4.78, 5) is 42.4. The molecular weight excluding hydrogens is 322 g/mol. The molecular formula is C18H21N3O4. The zero-order chi connectivity index (χ0) is 18.8. The second-order valence-electron chi connectivity index (χ2n) is 6.81. The normalized spacial score (nSPS) is 11.2. The van der Waals surface area contributed by atoms with Crippen molar-refractivity contribution in [3.8, 4) is 0 Å². The van der Waals surface area contributed by atoms with Crippen LogP contribution in [-0.2, 0) is 12.0 Å². The molecule has 7 heteroatoms. The molecule has 132 valence electrons. The lowest BCUT2D eigenvalue weighted by atomic mass is 9.95. The van der Waals surface area contributed by atoms with Crippen molar-refractivity contribution in [3.63, 3.8) is 0 Å². The van der Waals surface area contributed by atoms with E-state index in [0.29, 0.717) is 11.5 Å². The first kappa shape index (κ1) is 18.4. The second kappa shape index (κ2) is 6.88. The third-order valence-electron chi connectivity index (χ3n) is 3.69. The monoisotopic (exact) mass is 343 g/mol. The van der Waals surface area contributed by atoms with Crippen LogP contribution in [0.4, 0.5) is 0 Å². The highest BCUT2D eigenvalue weighted by molar-refractivity contribution is 5.94. The van der Waals surface area contributed by atoms with E-state index in [2.05, 4.69) is 15.3 Å². The standard InChI is InChI=1S/C18H21N3O4/c1-10-13(15(23)21-17(20-10)18(2,3)4)14(22)19-9-11-5-7-12(8-6-11)16(24)25/h5-8H,9H2,1-4H3,(H,19,22)(H,24,25)(H,20,21,23). The van der Waals surface area contributed by atoms with Crippen LogP contribution in [-0.4, -0.2) is 27.0 Å². The number of carboxylic acids is 1. The summed E-state index contributed by atoms with van der Waals surface area (Å²) in [5.74, 6) is -1.01. The molecule has 0 bridgehead atoms. The van der Waals surface area contributed by atoms with Gasteiger partial charge in [-0.3, -0.25) is 9.59 Å². The van der Waals surface area contributed by atoms with Gasteiger partial charge in [-0.1, -0.05) is 32.9 Å². The lowest BCUT2D eigenvalue weighted by molar-refractivity contribution is 0.0696. The maximum atomic E-state index is 12.3. The molecule has 7 nitrogen and oxygen atoms in total. The largest absolute Gasteiger partial charge is 0.478 e. The van der Waals surface area contributed by atoms with Gasteiger partial charge in [0.1, 0.15) is 11.4 Å². The zero-order valence-corrected chi connectivity index (χ0v) is 14.6. The van der Waals surface area contributed by atoms with Crippen LogP contribution < -0.4 is 10.9 Å². The molecule has 2 aromatic rings. The number of hydrogen-bond donors (Lipinski definition) is 3. The summed E-state index contributed by atoms with van der Waals surface area (Å²) >= 11 is 0. The number of aromatic carboxylic acids is 1.